The van der Waals surface area contributed by atoms with Crippen molar-refractivity contribution in [1.82, 2.24) is 9.88 Å². The van der Waals surface area contributed by atoms with E-state index < -0.39 is 13.9 Å². The van der Waals surface area contributed by atoms with Gasteiger partial charge in [-0.3, -0.25) is 4.90 Å². The van der Waals surface area contributed by atoms with Gasteiger partial charge in [0.25, 0.3) is 0 Å². The number of hydrogen-bond donors (Lipinski definition) is 1. The number of carbonyl (C=O) groups excluding carboxylic acids is 1. The van der Waals surface area contributed by atoms with Crippen LogP contribution in [0.15, 0.2) is 18.3 Å². The van der Waals surface area contributed by atoms with Gasteiger partial charge in [-0.1, -0.05) is 20.8 Å². The Hall–Kier alpha value is -1.80. The Balaban J connectivity index is 2.18. The Morgan fingerprint density at radius 3 is 2.38 bits per heavy atom. The van der Waals surface area contributed by atoms with Gasteiger partial charge in [0.15, 0.2) is 8.32 Å². The van der Waals surface area contributed by atoms with Crippen LogP contribution in [0.4, 0.5) is 16.3 Å². The SMILES string of the molecule is CC(C)(C)OC(=O)N1CCN(c2ccc(N)nc2)C[C@@H]1CO[Si](C)(C)C(C)(C)C. The van der Waals surface area contributed by atoms with Crippen molar-refractivity contribution in [3.8, 4) is 0 Å². The van der Waals surface area contributed by atoms with Crippen LogP contribution in [-0.4, -0.2) is 62.2 Å². The summed E-state index contributed by atoms with van der Waals surface area (Å²) >= 11 is 0. The lowest BCUT2D eigenvalue weighted by atomic mass is 10.1. The Morgan fingerprint density at radius 2 is 1.86 bits per heavy atom. The summed E-state index contributed by atoms with van der Waals surface area (Å²) in [4.78, 5) is 21.1. The summed E-state index contributed by atoms with van der Waals surface area (Å²) in [5.74, 6) is 0.499. The molecule has 2 N–H and O–H groups in total. The molecule has 0 spiro atoms. The zero-order valence-corrected chi connectivity index (χ0v) is 20.3. The van der Waals surface area contributed by atoms with Crippen LogP contribution in [0.25, 0.3) is 0 Å². The van der Waals surface area contributed by atoms with E-state index in [1.54, 1.807) is 12.3 Å². The quantitative estimate of drug-likeness (QED) is 0.736. The highest BCUT2D eigenvalue weighted by Crippen LogP contribution is 2.37. The fourth-order valence-electron chi connectivity index (χ4n) is 2.90. The van der Waals surface area contributed by atoms with Crippen molar-refractivity contribution in [2.45, 2.75) is 71.3 Å². The van der Waals surface area contributed by atoms with Gasteiger partial charge in [0.2, 0.25) is 0 Å². The minimum Gasteiger partial charge on any atom is -0.444 e. The number of nitrogens with zero attached hydrogens (tertiary/aromatic N) is 3. The van der Waals surface area contributed by atoms with Gasteiger partial charge in [0, 0.05) is 19.6 Å². The average Bonchev–Trinajstić information content (AvgIpc) is 2.58. The number of rotatable bonds is 4. The first-order valence-electron chi connectivity index (χ1n) is 10.3. The summed E-state index contributed by atoms with van der Waals surface area (Å²) in [5, 5.41) is 0.110. The van der Waals surface area contributed by atoms with Crippen molar-refractivity contribution in [2.75, 3.05) is 36.9 Å². The lowest BCUT2D eigenvalue weighted by Gasteiger charge is -2.44. The molecule has 0 aromatic carbocycles. The van der Waals surface area contributed by atoms with E-state index in [1.165, 1.54) is 0 Å². The van der Waals surface area contributed by atoms with E-state index in [-0.39, 0.29) is 17.2 Å². The molecule has 1 aliphatic rings. The molecule has 0 unspecified atom stereocenters. The summed E-state index contributed by atoms with van der Waals surface area (Å²) < 4.78 is 12.1. The average molecular weight is 423 g/mol. The number of pyridine rings is 1. The third-order valence-corrected chi connectivity index (χ3v) is 10.2. The van der Waals surface area contributed by atoms with Crippen LogP contribution in [0.2, 0.25) is 18.1 Å². The van der Waals surface area contributed by atoms with E-state index in [0.717, 1.165) is 5.69 Å². The largest absolute Gasteiger partial charge is 0.444 e. The fourth-order valence-corrected chi connectivity index (χ4v) is 3.94. The van der Waals surface area contributed by atoms with Crippen molar-refractivity contribution in [1.29, 1.82) is 0 Å². The second-order valence-corrected chi connectivity index (χ2v) is 15.1. The molecular formula is C21H38N4O3Si. The summed E-state index contributed by atoms with van der Waals surface area (Å²) in [6.45, 7) is 19.2. The smallest absolute Gasteiger partial charge is 0.410 e. The first-order chi connectivity index (χ1) is 13.2. The van der Waals surface area contributed by atoms with Crippen molar-refractivity contribution in [2.24, 2.45) is 0 Å². The molecule has 29 heavy (non-hydrogen) atoms. The van der Waals surface area contributed by atoms with Gasteiger partial charge < -0.3 is 19.8 Å². The molecule has 0 radical (unpaired) electrons. The van der Waals surface area contributed by atoms with Gasteiger partial charge in [-0.2, -0.15) is 0 Å². The Kier molecular flexibility index (Phi) is 6.89. The predicted octanol–water partition coefficient (Wildman–Crippen LogP) is 4.11. The number of ether oxygens (including phenoxy) is 1. The third-order valence-electron chi connectivity index (χ3n) is 5.69. The number of nitrogens with two attached hydrogens (primary N) is 1. The van der Waals surface area contributed by atoms with Gasteiger partial charge in [-0.15, -0.1) is 0 Å². The van der Waals surface area contributed by atoms with Gasteiger partial charge in [-0.25, -0.2) is 9.78 Å². The van der Waals surface area contributed by atoms with Crippen LogP contribution in [0, 0.1) is 0 Å². The summed E-state index contributed by atoms with van der Waals surface area (Å²) in [6, 6.07) is 3.68. The van der Waals surface area contributed by atoms with Gasteiger partial charge in [0.1, 0.15) is 11.4 Å². The molecule has 1 aromatic rings. The van der Waals surface area contributed by atoms with Crippen molar-refractivity contribution < 1.29 is 14.0 Å². The molecule has 164 valence electrons. The van der Waals surface area contributed by atoms with E-state index in [2.05, 4.69) is 43.7 Å². The van der Waals surface area contributed by atoms with Crippen molar-refractivity contribution in [3.63, 3.8) is 0 Å². The van der Waals surface area contributed by atoms with E-state index in [9.17, 15) is 4.79 Å². The Labute approximate surface area is 176 Å². The maximum Gasteiger partial charge on any atom is 0.410 e. The molecular weight excluding hydrogens is 384 g/mol. The molecule has 0 saturated carbocycles. The number of aromatic nitrogens is 1. The maximum absolute atomic E-state index is 12.8. The summed E-state index contributed by atoms with van der Waals surface area (Å²) in [5.41, 5.74) is 6.20. The molecule has 1 saturated heterocycles. The Morgan fingerprint density at radius 1 is 1.21 bits per heavy atom. The molecule has 1 atom stereocenters. The fraction of sp³-hybridized carbons (Fsp3) is 0.714. The predicted molar refractivity (Wildman–Crippen MR) is 121 cm³/mol. The first-order valence-corrected chi connectivity index (χ1v) is 13.2. The molecule has 0 bridgehead atoms. The third kappa shape index (κ3) is 6.34. The van der Waals surface area contributed by atoms with Crippen LogP contribution >= 0.6 is 0 Å². The highest BCUT2D eigenvalue weighted by Gasteiger charge is 2.40. The number of amides is 1. The first kappa shape index (κ1) is 23.5. The highest BCUT2D eigenvalue weighted by molar-refractivity contribution is 6.74. The van der Waals surface area contributed by atoms with Crippen LogP contribution in [0.1, 0.15) is 41.5 Å². The zero-order valence-electron chi connectivity index (χ0n) is 19.3. The van der Waals surface area contributed by atoms with E-state index in [0.29, 0.717) is 32.1 Å². The number of nitrogen functional groups attached to an aromatic ring is 1. The van der Waals surface area contributed by atoms with E-state index >= 15 is 0 Å². The van der Waals surface area contributed by atoms with Gasteiger partial charge >= 0.3 is 6.09 Å². The van der Waals surface area contributed by atoms with Gasteiger partial charge in [-0.05, 0) is 51.0 Å². The standard InChI is InChI=1S/C21H38N4O3Si/c1-20(2,3)28-19(26)25-12-11-24(16-9-10-18(22)23-13-16)14-17(25)15-27-29(7,8)21(4,5)6/h9-10,13,17H,11-12,14-15H2,1-8H3,(H2,22,23)/t17-/m1/s1. The zero-order chi connectivity index (χ0) is 22.0. The molecule has 7 nitrogen and oxygen atoms in total. The number of piperazine rings is 1. The molecule has 1 amide bonds. The molecule has 0 aliphatic carbocycles. The lowest BCUT2D eigenvalue weighted by molar-refractivity contribution is 0.00783. The van der Waals surface area contributed by atoms with Crippen LogP contribution in [0.5, 0.6) is 0 Å². The normalized spacial score (nSPS) is 18.7. The van der Waals surface area contributed by atoms with E-state index in [1.807, 2.05) is 31.7 Å². The second kappa shape index (κ2) is 8.51. The highest BCUT2D eigenvalue weighted by atomic mass is 28.4. The number of anilines is 2. The molecule has 1 fully saturated rings. The molecule has 2 rings (SSSR count). The summed E-state index contributed by atoms with van der Waals surface area (Å²) in [6.07, 6.45) is 1.50. The second-order valence-electron chi connectivity index (χ2n) is 10.3. The monoisotopic (exact) mass is 422 g/mol. The van der Waals surface area contributed by atoms with E-state index in [4.69, 9.17) is 14.9 Å². The molecule has 8 heteroatoms. The summed E-state index contributed by atoms with van der Waals surface area (Å²) in [7, 11) is -1.94. The van der Waals surface area contributed by atoms with Crippen LogP contribution in [0.3, 0.4) is 0 Å². The number of hydrogen-bond acceptors (Lipinski definition) is 6. The van der Waals surface area contributed by atoms with Crippen molar-refractivity contribution in [3.05, 3.63) is 18.3 Å². The molecule has 1 aromatic heterocycles. The minimum atomic E-state index is -1.94. The van der Waals surface area contributed by atoms with Crippen molar-refractivity contribution >= 4 is 25.9 Å². The Bertz CT molecular complexity index is 695. The molecule has 1 aliphatic heterocycles. The van der Waals surface area contributed by atoms with Crippen LogP contribution in [-0.2, 0) is 9.16 Å². The lowest BCUT2D eigenvalue weighted by Crippen LogP contribution is -2.59. The minimum absolute atomic E-state index is 0.0923. The number of carbonyl (C=O) groups is 1. The topological polar surface area (TPSA) is 80.9 Å². The molecule has 2 heterocycles. The van der Waals surface area contributed by atoms with Crippen LogP contribution < -0.4 is 10.6 Å². The maximum atomic E-state index is 12.8. The van der Waals surface area contributed by atoms with Gasteiger partial charge in [0.05, 0.1) is 24.5 Å².